The van der Waals surface area contributed by atoms with Gasteiger partial charge in [0.05, 0.1) is 14.2 Å². The van der Waals surface area contributed by atoms with Crippen molar-refractivity contribution < 1.29 is 17.9 Å². The molecule has 7 heteroatoms. The highest BCUT2D eigenvalue weighted by Crippen LogP contribution is 2.30. The Bertz CT molecular complexity index is 788. The standard InChI is InChI=1S/C15H18N2O4S/c1-10-8-13(21-4)14(9-11(10)2)22(18,19)17-15-12(20-3)6-5-7-16-15/h5-9H,1-4H3,(H,16,17). The maximum atomic E-state index is 12.6. The predicted octanol–water partition coefficient (Wildman–Crippen LogP) is 2.52. The van der Waals surface area contributed by atoms with Crippen LogP contribution in [0.5, 0.6) is 11.5 Å². The molecular formula is C15H18N2O4S. The molecule has 6 nitrogen and oxygen atoms in total. The number of nitrogens with zero attached hydrogens (tertiary/aromatic N) is 1. The molecular weight excluding hydrogens is 304 g/mol. The molecule has 22 heavy (non-hydrogen) atoms. The normalized spacial score (nSPS) is 11.1. The highest BCUT2D eigenvalue weighted by Gasteiger charge is 2.22. The van der Waals surface area contributed by atoms with Crippen LogP contribution in [0.4, 0.5) is 5.82 Å². The lowest BCUT2D eigenvalue weighted by molar-refractivity contribution is 0.402. The van der Waals surface area contributed by atoms with Crippen molar-refractivity contribution in [1.82, 2.24) is 4.98 Å². The number of hydrogen-bond acceptors (Lipinski definition) is 5. The van der Waals surface area contributed by atoms with Crippen LogP contribution in [-0.2, 0) is 10.0 Å². The number of methoxy groups -OCH3 is 2. The number of ether oxygens (including phenoxy) is 2. The molecule has 0 saturated heterocycles. The molecule has 2 rings (SSSR count). The molecule has 0 amide bonds. The monoisotopic (exact) mass is 322 g/mol. The number of rotatable bonds is 5. The van der Waals surface area contributed by atoms with E-state index in [1.54, 1.807) is 24.3 Å². The fraction of sp³-hybridized carbons (Fsp3) is 0.267. The molecule has 0 saturated carbocycles. The molecule has 0 aliphatic rings. The molecule has 0 radical (unpaired) electrons. The van der Waals surface area contributed by atoms with Crippen molar-refractivity contribution in [1.29, 1.82) is 0 Å². The molecule has 1 aromatic heterocycles. The van der Waals surface area contributed by atoms with Gasteiger partial charge in [0, 0.05) is 6.20 Å². The van der Waals surface area contributed by atoms with E-state index in [1.165, 1.54) is 20.4 Å². The van der Waals surface area contributed by atoms with Crippen molar-refractivity contribution in [2.24, 2.45) is 0 Å². The van der Waals surface area contributed by atoms with Crippen LogP contribution in [0.1, 0.15) is 11.1 Å². The molecule has 1 aromatic carbocycles. The van der Waals surface area contributed by atoms with Gasteiger partial charge >= 0.3 is 0 Å². The van der Waals surface area contributed by atoms with Gasteiger partial charge in [-0.25, -0.2) is 13.4 Å². The zero-order chi connectivity index (χ0) is 16.3. The average molecular weight is 322 g/mol. The topological polar surface area (TPSA) is 77.5 Å². The van der Waals surface area contributed by atoms with Crippen molar-refractivity contribution >= 4 is 15.8 Å². The Balaban J connectivity index is 2.49. The van der Waals surface area contributed by atoms with E-state index in [0.29, 0.717) is 5.75 Å². The Morgan fingerprint density at radius 3 is 2.32 bits per heavy atom. The van der Waals surface area contributed by atoms with Gasteiger partial charge in [-0.05, 0) is 49.2 Å². The number of sulfonamides is 1. The highest BCUT2D eigenvalue weighted by molar-refractivity contribution is 7.92. The number of benzene rings is 1. The highest BCUT2D eigenvalue weighted by atomic mass is 32.2. The minimum Gasteiger partial charge on any atom is -0.495 e. The van der Waals surface area contributed by atoms with Gasteiger partial charge in [-0.3, -0.25) is 4.72 Å². The number of aryl methyl sites for hydroxylation is 2. The Morgan fingerprint density at radius 2 is 1.68 bits per heavy atom. The summed E-state index contributed by atoms with van der Waals surface area (Å²) in [7, 11) is -0.961. The molecule has 0 aliphatic heterocycles. The predicted molar refractivity (Wildman–Crippen MR) is 84.1 cm³/mol. The van der Waals surface area contributed by atoms with Gasteiger partial charge in [-0.1, -0.05) is 0 Å². The average Bonchev–Trinajstić information content (AvgIpc) is 2.49. The van der Waals surface area contributed by atoms with Crippen LogP contribution < -0.4 is 14.2 Å². The number of nitrogens with one attached hydrogen (secondary N) is 1. The lowest BCUT2D eigenvalue weighted by Gasteiger charge is -2.14. The van der Waals surface area contributed by atoms with Crippen LogP contribution in [0.2, 0.25) is 0 Å². The van der Waals surface area contributed by atoms with E-state index < -0.39 is 10.0 Å². The number of hydrogen-bond donors (Lipinski definition) is 1. The third-order valence-corrected chi connectivity index (χ3v) is 4.65. The van der Waals surface area contributed by atoms with E-state index in [-0.39, 0.29) is 16.5 Å². The first kappa shape index (κ1) is 16.1. The van der Waals surface area contributed by atoms with Gasteiger partial charge in [-0.2, -0.15) is 0 Å². The van der Waals surface area contributed by atoms with E-state index in [1.807, 2.05) is 13.8 Å². The fourth-order valence-corrected chi connectivity index (χ4v) is 3.20. The van der Waals surface area contributed by atoms with Crippen LogP contribution >= 0.6 is 0 Å². The Labute approximate surface area is 130 Å². The molecule has 1 N–H and O–H groups in total. The van der Waals surface area contributed by atoms with Crippen molar-refractivity contribution in [2.45, 2.75) is 18.7 Å². The first-order valence-corrected chi connectivity index (χ1v) is 8.04. The Hall–Kier alpha value is -2.28. The summed E-state index contributed by atoms with van der Waals surface area (Å²) in [6.07, 6.45) is 1.48. The Kier molecular flexibility index (Phi) is 4.56. The van der Waals surface area contributed by atoms with Crippen LogP contribution in [0.3, 0.4) is 0 Å². The minimum absolute atomic E-state index is 0.0609. The molecule has 0 atom stereocenters. The third-order valence-electron chi connectivity index (χ3n) is 3.29. The molecule has 0 aliphatic carbocycles. The van der Waals surface area contributed by atoms with Gasteiger partial charge in [0.2, 0.25) is 0 Å². The molecule has 0 spiro atoms. The second-order valence-electron chi connectivity index (χ2n) is 4.75. The molecule has 1 heterocycles. The van der Waals surface area contributed by atoms with Crippen molar-refractivity contribution in [3.63, 3.8) is 0 Å². The van der Waals surface area contributed by atoms with Crippen molar-refractivity contribution in [3.05, 3.63) is 41.6 Å². The Morgan fingerprint density at radius 1 is 1.05 bits per heavy atom. The minimum atomic E-state index is -3.85. The van der Waals surface area contributed by atoms with Gasteiger partial charge in [0.15, 0.2) is 11.6 Å². The summed E-state index contributed by atoms with van der Waals surface area (Å²) < 4.78 is 38.0. The second kappa shape index (κ2) is 6.23. The quantitative estimate of drug-likeness (QED) is 0.915. The third kappa shape index (κ3) is 3.14. The molecule has 0 fully saturated rings. The van der Waals surface area contributed by atoms with Crippen LogP contribution in [-0.4, -0.2) is 27.6 Å². The largest absolute Gasteiger partial charge is 0.495 e. The van der Waals surface area contributed by atoms with E-state index in [0.717, 1.165) is 11.1 Å². The summed E-state index contributed by atoms with van der Waals surface area (Å²) in [6.45, 7) is 3.73. The summed E-state index contributed by atoms with van der Waals surface area (Å²) in [5.41, 5.74) is 1.81. The molecule has 118 valence electrons. The first-order valence-electron chi connectivity index (χ1n) is 6.56. The smallest absolute Gasteiger partial charge is 0.266 e. The van der Waals surface area contributed by atoms with Gasteiger partial charge < -0.3 is 9.47 Å². The summed E-state index contributed by atoms with van der Waals surface area (Å²) in [4.78, 5) is 4.06. The maximum absolute atomic E-state index is 12.6. The number of aromatic nitrogens is 1. The fourth-order valence-electron chi connectivity index (χ4n) is 1.95. The van der Waals surface area contributed by atoms with Gasteiger partial charge in [0.1, 0.15) is 10.6 Å². The zero-order valence-electron chi connectivity index (χ0n) is 12.9. The zero-order valence-corrected chi connectivity index (χ0v) is 13.7. The maximum Gasteiger partial charge on any atom is 0.266 e. The summed E-state index contributed by atoms with van der Waals surface area (Å²) in [6, 6.07) is 6.56. The molecule has 2 aromatic rings. The number of pyridine rings is 1. The van der Waals surface area contributed by atoms with Crippen LogP contribution in [0.25, 0.3) is 0 Å². The number of anilines is 1. The lowest BCUT2D eigenvalue weighted by Crippen LogP contribution is -2.16. The van der Waals surface area contributed by atoms with E-state index in [9.17, 15) is 8.42 Å². The second-order valence-corrected chi connectivity index (χ2v) is 6.40. The summed E-state index contributed by atoms with van der Waals surface area (Å²) >= 11 is 0. The van der Waals surface area contributed by atoms with E-state index in [4.69, 9.17) is 9.47 Å². The molecule has 0 bridgehead atoms. The van der Waals surface area contributed by atoms with Gasteiger partial charge in [0.25, 0.3) is 10.0 Å². The van der Waals surface area contributed by atoms with Crippen LogP contribution in [0, 0.1) is 13.8 Å². The summed E-state index contributed by atoms with van der Waals surface area (Å²) in [5, 5.41) is 0. The lowest BCUT2D eigenvalue weighted by atomic mass is 10.1. The molecule has 0 unspecified atom stereocenters. The first-order chi connectivity index (χ1) is 10.4. The summed E-state index contributed by atoms with van der Waals surface area (Å²) in [5.74, 6) is 0.754. The van der Waals surface area contributed by atoms with Gasteiger partial charge in [-0.15, -0.1) is 0 Å². The van der Waals surface area contributed by atoms with Crippen molar-refractivity contribution in [2.75, 3.05) is 18.9 Å². The van der Waals surface area contributed by atoms with E-state index >= 15 is 0 Å². The van der Waals surface area contributed by atoms with Crippen molar-refractivity contribution in [3.8, 4) is 11.5 Å². The SMILES string of the molecule is COc1cc(C)c(C)cc1S(=O)(=O)Nc1ncccc1OC. The van der Waals surface area contributed by atoms with E-state index in [2.05, 4.69) is 9.71 Å². The van der Waals surface area contributed by atoms with Crippen LogP contribution in [0.15, 0.2) is 35.4 Å².